The summed E-state index contributed by atoms with van der Waals surface area (Å²) < 4.78 is 0. The summed E-state index contributed by atoms with van der Waals surface area (Å²) in [5.74, 6) is -1.91. The minimum absolute atomic E-state index is 0.0972. The zero-order valence-electron chi connectivity index (χ0n) is 11.7. The van der Waals surface area contributed by atoms with Gasteiger partial charge in [0, 0.05) is 0 Å². The topological polar surface area (TPSA) is 66.4 Å². The Balaban J connectivity index is 2.01. The van der Waals surface area contributed by atoms with E-state index in [1.165, 1.54) is 0 Å². The number of aliphatic carboxylic acids is 1. The summed E-state index contributed by atoms with van der Waals surface area (Å²) >= 11 is 0. The lowest BCUT2D eigenvalue weighted by atomic mass is 9.78. The fraction of sp³-hybridized carbons (Fsp3) is 0.500. The van der Waals surface area contributed by atoms with Crippen molar-refractivity contribution >= 4 is 11.9 Å². The van der Waals surface area contributed by atoms with Gasteiger partial charge in [-0.1, -0.05) is 43.2 Å². The number of hydrogen-bond acceptors (Lipinski definition) is 2. The molecule has 0 unspecified atom stereocenters. The normalized spacial score (nSPS) is 23.9. The second kappa shape index (κ2) is 6.55. The van der Waals surface area contributed by atoms with Crippen molar-refractivity contribution < 1.29 is 14.7 Å². The Morgan fingerprint density at radius 3 is 2.35 bits per heavy atom. The van der Waals surface area contributed by atoms with E-state index in [2.05, 4.69) is 5.32 Å². The predicted molar refractivity (Wildman–Crippen MR) is 76.1 cm³/mol. The van der Waals surface area contributed by atoms with Crippen LogP contribution in [0.1, 0.15) is 44.2 Å². The Morgan fingerprint density at radius 1 is 1.15 bits per heavy atom. The average molecular weight is 275 g/mol. The van der Waals surface area contributed by atoms with Gasteiger partial charge < -0.3 is 10.4 Å². The van der Waals surface area contributed by atoms with Crippen LogP contribution in [0.25, 0.3) is 0 Å². The molecule has 1 saturated carbocycles. The molecule has 2 rings (SSSR count). The quantitative estimate of drug-likeness (QED) is 0.888. The summed E-state index contributed by atoms with van der Waals surface area (Å²) in [6, 6.07) is 9.61. The van der Waals surface area contributed by atoms with Gasteiger partial charge in [-0.2, -0.15) is 0 Å². The lowest BCUT2D eigenvalue weighted by molar-refractivity contribution is -0.149. The summed E-state index contributed by atoms with van der Waals surface area (Å²) in [5, 5.41) is 12.2. The maximum Gasteiger partial charge on any atom is 0.307 e. The molecule has 1 aliphatic carbocycles. The van der Waals surface area contributed by atoms with E-state index in [9.17, 15) is 14.7 Å². The summed E-state index contributed by atoms with van der Waals surface area (Å²) in [7, 11) is 0. The van der Waals surface area contributed by atoms with E-state index in [0.29, 0.717) is 12.8 Å². The van der Waals surface area contributed by atoms with Gasteiger partial charge in [0.15, 0.2) is 0 Å². The SMILES string of the molecule is C[C@@H](NC(=O)[C@H]1CCCC[C@H]1C(=O)O)c1ccccc1. The van der Waals surface area contributed by atoms with Crippen molar-refractivity contribution in [2.45, 2.75) is 38.6 Å². The van der Waals surface area contributed by atoms with Crippen LogP contribution in [-0.4, -0.2) is 17.0 Å². The fourth-order valence-electron chi connectivity index (χ4n) is 2.89. The molecular formula is C16H21NO3. The van der Waals surface area contributed by atoms with Crippen molar-refractivity contribution in [1.29, 1.82) is 0 Å². The van der Waals surface area contributed by atoms with Crippen molar-refractivity contribution in [3.8, 4) is 0 Å². The van der Waals surface area contributed by atoms with Crippen molar-refractivity contribution in [3.63, 3.8) is 0 Å². The smallest absolute Gasteiger partial charge is 0.307 e. The molecule has 1 aromatic rings. The van der Waals surface area contributed by atoms with Gasteiger partial charge in [-0.05, 0) is 25.3 Å². The van der Waals surface area contributed by atoms with E-state index >= 15 is 0 Å². The first-order valence-corrected chi connectivity index (χ1v) is 7.17. The second-order valence-electron chi connectivity index (χ2n) is 5.48. The Labute approximate surface area is 119 Å². The molecule has 4 nitrogen and oxygen atoms in total. The second-order valence-corrected chi connectivity index (χ2v) is 5.48. The number of carbonyl (C=O) groups is 2. The zero-order valence-corrected chi connectivity index (χ0v) is 11.7. The van der Waals surface area contributed by atoms with Crippen LogP contribution < -0.4 is 5.32 Å². The molecule has 0 saturated heterocycles. The molecule has 3 atom stereocenters. The van der Waals surface area contributed by atoms with Crippen LogP contribution in [0.3, 0.4) is 0 Å². The molecule has 0 heterocycles. The molecule has 0 radical (unpaired) electrons. The highest BCUT2D eigenvalue weighted by molar-refractivity contribution is 5.85. The van der Waals surface area contributed by atoms with Crippen molar-refractivity contribution in [2.75, 3.05) is 0 Å². The van der Waals surface area contributed by atoms with E-state index in [1.807, 2.05) is 37.3 Å². The van der Waals surface area contributed by atoms with Crippen LogP contribution in [0.2, 0.25) is 0 Å². The van der Waals surface area contributed by atoms with Crippen molar-refractivity contribution in [3.05, 3.63) is 35.9 Å². The summed E-state index contributed by atoms with van der Waals surface area (Å²) in [5.41, 5.74) is 1.03. The Hall–Kier alpha value is -1.84. The Kier molecular flexibility index (Phi) is 4.77. The molecule has 0 aromatic heterocycles. The molecule has 1 aliphatic rings. The van der Waals surface area contributed by atoms with E-state index in [-0.39, 0.29) is 11.9 Å². The molecular weight excluding hydrogens is 254 g/mol. The lowest BCUT2D eigenvalue weighted by Crippen LogP contribution is -2.40. The minimum atomic E-state index is -0.850. The number of nitrogens with one attached hydrogen (secondary N) is 1. The third-order valence-corrected chi connectivity index (χ3v) is 4.08. The van der Waals surface area contributed by atoms with Gasteiger partial charge in [-0.15, -0.1) is 0 Å². The van der Waals surface area contributed by atoms with Gasteiger partial charge in [0.2, 0.25) is 5.91 Å². The lowest BCUT2D eigenvalue weighted by Gasteiger charge is -2.28. The monoisotopic (exact) mass is 275 g/mol. The summed E-state index contributed by atoms with van der Waals surface area (Å²) in [6.45, 7) is 1.92. The summed E-state index contributed by atoms with van der Waals surface area (Å²) in [6.07, 6.45) is 3.11. The van der Waals surface area contributed by atoms with Crippen LogP contribution >= 0.6 is 0 Å². The number of carbonyl (C=O) groups excluding carboxylic acids is 1. The van der Waals surface area contributed by atoms with Gasteiger partial charge in [-0.25, -0.2) is 0 Å². The minimum Gasteiger partial charge on any atom is -0.481 e. The molecule has 1 amide bonds. The zero-order chi connectivity index (χ0) is 14.5. The number of rotatable bonds is 4. The number of carboxylic acid groups (broad SMARTS) is 1. The van der Waals surface area contributed by atoms with Crippen molar-refractivity contribution in [1.82, 2.24) is 5.32 Å². The largest absolute Gasteiger partial charge is 0.481 e. The Bertz CT molecular complexity index is 472. The first-order chi connectivity index (χ1) is 9.59. The number of amides is 1. The third-order valence-electron chi connectivity index (χ3n) is 4.08. The highest BCUT2D eigenvalue weighted by atomic mass is 16.4. The van der Waals surface area contributed by atoms with E-state index in [1.54, 1.807) is 0 Å². The highest BCUT2D eigenvalue weighted by Crippen LogP contribution is 2.31. The fourth-order valence-corrected chi connectivity index (χ4v) is 2.89. The van der Waals surface area contributed by atoms with Gasteiger partial charge in [0.05, 0.1) is 17.9 Å². The highest BCUT2D eigenvalue weighted by Gasteiger charge is 2.36. The van der Waals surface area contributed by atoms with Crippen LogP contribution in [-0.2, 0) is 9.59 Å². The molecule has 20 heavy (non-hydrogen) atoms. The summed E-state index contributed by atoms with van der Waals surface area (Å²) in [4.78, 5) is 23.6. The average Bonchev–Trinajstić information content (AvgIpc) is 2.48. The van der Waals surface area contributed by atoms with Gasteiger partial charge >= 0.3 is 5.97 Å². The van der Waals surface area contributed by atoms with Crippen molar-refractivity contribution in [2.24, 2.45) is 11.8 Å². The van der Waals surface area contributed by atoms with Crippen LogP contribution in [0, 0.1) is 11.8 Å². The van der Waals surface area contributed by atoms with Gasteiger partial charge in [0.1, 0.15) is 0 Å². The number of benzene rings is 1. The molecule has 108 valence electrons. The molecule has 2 N–H and O–H groups in total. The molecule has 4 heteroatoms. The third kappa shape index (κ3) is 3.38. The van der Waals surface area contributed by atoms with E-state index < -0.39 is 17.8 Å². The maximum absolute atomic E-state index is 12.3. The molecule has 1 aromatic carbocycles. The molecule has 1 fully saturated rings. The predicted octanol–water partition coefficient (Wildman–Crippen LogP) is 2.75. The first-order valence-electron chi connectivity index (χ1n) is 7.17. The molecule has 0 spiro atoms. The van der Waals surface area contributed by atoms with Crippen LogP contribution in [0.5, 0.6) is 0 Å². The van der Waals surface area contributed by atoms with Crippen LogP contribution in [0.15, 0.2) is 30.3 Å². The van der Waals surface area contributed by atoms with E-state index in [4.69, 9.17) is 0 Å². The van der Waals surface area contributed by atoms with Crippen LogP contribution in [0.4, 0.5) is 0 Å². The first kappa shape index (κ1) is 14.6. The molecule has 0 aliphatic heterocycles. The van der Waals surface area contributed by atoms with Gasteiger partial charge in [0.25, 0.3) is 0 Å². The van der Waals surface area contributed by atoms with Gasteiger partial charge in [-0.3, -0.25) is 9.59 Å². The standard InChI is InChI=1S/C16H21NO3/c1-11(12-7-3-2-4-8-12)17-15(18)13-9-5-6-10-14(13)16(19)20/h2-4,7-8,11,13-14H,5-6,9-10H2,1H3,(H,17,18)(H,19,20)/t11-,13+,14-/m1/s1. The number of hydrogen-bond donors (Lipinski definition) is 2. The molecule has 0 bridgehead atoms. The van der Waals surface area contributed by atoms with E-state index in [0.717, 1.165) is 18.4 Å². The maximum atomic E-state index is 12.3. The number of carboxylic acids is 1. The Morgan fingerprint density at radius 2 is 1.75 bits per heavy atom.